The lowest BCUT2D eigenvalue weighted by molar-refractivity contribution is 0.871. The van der Waals surface area contributed by atoms with Crippen molar-refractivity contribution in [1.29, 1.82) is 0 Å². The Balaban J connectivity index is 2.16. The fraction of sp³-hybridized carbons (Fsp3) is 0.333. The second kappa shape index (κ2) is 7.01. The summed E-state index contributed by atoms with van der Waals surface area (Å²) in [5.41, 5.74) is 1.39. The van der Waals surface area contributed by atoms with Gasteiger partial charge in [-0.15, -0.1) is 0 Å². The number of benzene rings is 1. The first-order valence-corrected chi connectivity index (χ1v) is 4.97. The van der Waals surface area contributed by atoms with Crippen LogP contribution in [0.4, 0.5) is 0 Å². The third-order valence-electron chi connectivity index (χ3n) is 1.91. The van der Waals surface area contributed by atoms with Gasteiger partial charge in [0.1, 0.15) is 0 Å². The van der Waals surface area contributed by atoms with E-state index >= 15 is 0 Å². The summed E-state index contributed by atoms with van der Waals surface area (Å²) < 4.78 is 0. The Hall–Kier alpha value is -1.44. The zero-order valence-electron chi connectivity index (χ0n) is 8.56. The molecule has 0 atom stereocenters. The van der Waals surface area contributed by atoms with Crippen LogP contribution < -0.4 is 0 Å². The van der Waals surface area contributed by atoms with E-state index in [1.807, 2.05) is 19.2 Å². The fourth-order valence-corrected chi connectivity index (χ4v) is 1.21. The average molecular weight is 188 g/mol. The van der Waals surface area contributed by atoms with Crippen LogP contribution in [0.25, 0.3) is 0 Å². The van der Waals surface area contributed by atoms with Gasteiger partial charge in [0.15, 0.2) is 0 Å². The summed E-state index contributed by atoms with van der Waals surface area (Å²) >= 11 is 0. The lowest BCUT2D eigenvalue weighted by atomic mass is 10.1. The summed E-state index contributed by atoms with van der Waals surface area (Å²) in [6.45, 7) is 1.86. The van der Waals surface area contributed by atoms with Gasteiger partial charge in [-0.25, -0.2) is 0 Å². The molecule has 0 heterocycles. The molecule has 0 aliphatic carbocycles. The van der Waals surface area contributed by atoms with Gasteiger partial charge in [0.25, 0.3) is 0 Å². The minimum atomic E-state index is 0.992. The second-order valence-electron chi connectivity index (χ2n) is 3.05. The first-order chi connectivity index (χ1) is 6.93. The molecule has 0 radical (unpaired) electrons. The zero-order valence-corrected chi connectivity index (χ0v) is 8.56. The number of rotatable bonds is 5. The third-order valence-corrected chi connectivity index (χ3v) is 1.91. The van der Waals surface area contributed by atoms with Crippen LogP contribution >= 0.6 is 0 Å². The summed E-state index contributed by atoms with van der Waals surface area (Å²) in [6.07, 6.45) is 6.79. The maximum Gasteiger partial charge on any atom is 0.0270 e. The predicted octanol–water partition coefficient (Wildman–Crippen LogP) is 3.09. The summed E-state index contributed by atoms with van der Waals surface area (Å²) in [6, 6.07) is 10.5. The van der Waals surface area contributed by atoms with Gasteiger partial charge in [-0.1, -0.05) is 30.3 Å². The third kappa shape index (κ3) is 4.55. The van der Waals surface area contributed by atoms with Crippen molar-refractivity contribution in [3.05, 3.63) is 35.9 Å². The molecule has 0 aliphatic heterocycles. The topological polar surface area (TPSA) is 24.7 Å². The Morgan fingerprint density at radius 2 is 1.93 bits per heavy atom. The molecule has 0 saturated heterocycles. The molecule has 1 rings (SSSR count). The molecule has 14 heavy (non-hydrogen) atoms. The van der Waals surface area contributed by atoms with Crippen LogP contribution in [0.1, 0.15) is 25.3 Å². The van der Waals surface area contributed by atoms with E-state index in [2.05, 4.69) is 34.5 Å². The smallest absolute Gasteiger partial charge is 0.0270 e. The lowest BCUT2D eigenvalue weighted by Gasteiger charge is -1.96. The highest BCUT2D eigenvalue weighted by atomic mass is 15.2. The van der Waals surface area contributed by atoms with Gasteiger partial charge in [-0.2, -0.15) is 10.2 Å². The quantitative estimate of drug-likeness (QED) is 0.385. The Morgan fingerprint density at radius 1 is 1.14 bits per heavy atom. The molecule has 0 spiro atoms. The highest BCUT2D eigenvalue weighted by Gasteiger charge is 1.89. The van der Waals surface area contributed by atoms with Gasteiger partial charge in [-0.3, -0.25) is 0 Å². The number of hydrogen-bond acceptors (Lipinski definition) is 2. The van der Waals surface area contributed by atoms with Crippen molar-refractivity contribution in [2.75, 3.05) is 0 Å². The van der Waals surface area contributed by atoms with Gasteiger partial charge < -0.3 is 0 Å². The summed E-state index contributed by atoms with van der Waals surface area (Å²) in [5.74, 6) is 0. The molecule has 1 aromatic carbocycles. The van der Waals surface area contributed by atoms with Crippen molar-refractivity contribution in [3.63, 3.8) is 0 Å². The first kappa shape index (κ1) is 10.6. The number of hydrogen-bond donors (Lipinski definition) is 0. The van der Waals surface area contributed by atoms with Gasteiger partial charge >= 0.3 is 0 Å². The van der Waals surface area contributed by atoms with Crippen molar-refractivity contribution in [2.45, 2.75) is 26.2 Å². The maximum atomic E-state index is 3.87. The van der Waals surface area contributed by atoms with E-state index < -0.39 is 0 Å². The van der Waals surface area contributed by atoms with E-state index in [0.29, 0.717) is 0 Å². The molecule has 0 unspecified atom stereocenters. The van der Waals surface area contributed by atoms with Crippen LogP contribution in [0.3, 0.4) is 0 Å². The van der Waals surface area contributed by atoms with E-state index in [-0.39, 0.29) is 0 Å². The second-order valence-corrected chi connectivity index (χ2v) is 3.05. The van der Waals surface area contributed by atoms with Crippen LogP contribution in [0, 0.1) is 0 Å². The van der Waals surface area contributed by atoms with E-state index in [1.165, 1.54) is 5.56 Å². The highest BCUT2D eigenvalue weighted by molar-refractivity contribution is 5.59. The van der Waals surface area contributed by atoms with Crippen LogP contribution in [-0.4, -0.2) is 12.4 Å². The predicted molar refractivity (Wildman–Crippen MR) is 62.0 cm³/mol. The number of nitrogens with zero attached hydrogens (tertiary/aromatic N) is 2. The molecule has 0 aromatic heterocycles. The van der Waals surface area contributed by atoms with E-state index in [1.54, 1.807) is 6.21 Å². The Morgan fingerprint density at radius 3 is 2.64 bits per heavy atom. The fourth-order valence-electron chi connectivity index (χ4n) is 1.21. The van der Waals surface area contributed by atoms with Crippen molar-refractivity contribution in [2.24, 2.45) is 10.2 Å². The molecule has 0 N–H and O–H groups in total. The molecular formula is C12H16N2. The minimum Gasteiger partial charge on any atom is -0.164 e. The van der Waals surface area contributed by atoms with Crippen molar-refractivity contribution >= 4 is 12.4 Å². The SMILES string of the molecule is CC=NN=CCCCc1ccccc1. The van der Waals surface area contributed by atoms with Crippen molar-refractivity contribution < 1.29 is 0 Å². The zero-order chi connectivity index (χ0) is 10.1. The van der Waals surface area contributed by atoms with Crippen LogP contribution in [0.2, 0.25) is 0 Å². The average Bonchev–Trinajstić information content (AvgIpc) is 2.25. The lowest BCUT2D eigenvalue weighted by Crippen LogP contribution is -1.85. The minimum absolute atomic E-state index is 0.992. The molecule has 0 aliphatic rings. The standard InChI is InChI=1S/C12H16N2/c1-2-13-14-11-7-6-10-12-8-4-3-5-9-12/h2-5,8-9,11H,6-7,10H2,1H3. The first-order valence-electron chi connectivity index (χ1n) is 4.97. The van der Waals surface area contributed by atoms with Crippen LogP contribution in [-0.2, 0) is 6.42 Å². The van der Waals surface area contributed by atoms with Gasteiger partial charge in [-0.05, 0) is 31.7 Å². The molecule has 74 valence electrons. The van der Waals surface area contributed by atoms with Crippen LogP contribution in [0.15, 0.2) is 40.5 Å². The number of aryl methyl sites for hydroxylation is 1. The molecule has 2 heteroatoms. The summed E-state index contributed by atoms with van der Waals surface area (Å²) in [5, 5.41) is 7.63. The van der Waals surface area contributed by atoms with Gasteiger partial charge in [0, 0.05) is 12.4 Å². The molecular weight excluding hydrogens is 172 g/mol. The van der Waals surface area contributed by atoms with E-state index in [4.69, 9.17) is 0 Å². The molecule has 0 amide bonds. The Bertz CT molecular complexity index is 288. The maximum absolute atomic E-state index is 3.87. The van der Waals surface area contributed by atoms with E-state index in [9.17, 15) is 0 Å². The molecule has 1 aromatic rings. The number of unbranched alkanes of at least 4 members (excludes halogenated alkanes) is 1. The van der Waals surface area contributed by atoms with Crippen molar-refractivity contribution in [1.82, 2.24) is 0 Å². The normalized spacial score (nSPS) is 11.5. The van der Waals surface area contributed by atoms with Crippen LogP contribution in [0.5, 0.6) is 0 Å². The molecule has 0 bridgehead atoms. The van der Waals surface area contributed by atoms with Gasteiger partial charge in [0.2, 0.25) is 0 Å². The Kier molecular flexibility index (Phi) is 5.33. The Labute approximate surface area is 85.4 Å². The largest absolute Gasteiger partial charge is 0.164 e. The van der Waals surface area contributed by atoms with Gasteiger partial charge in [0.05, 0.1) is 0 Å². The monoisotopic (exact) mass is 188 g/mol. The van der Waals surface area contributed by atoms with E-state index in [0.717, 1.165) is 19.3 Å². The molecule has 2 nitrogen and oxygen atoms in total. The molecule has 0 fully saturated rings. The highest BCUT2D eigenvalue weighted by Crippen LogP contribution is 2.03. The summed E-state index contributed by atoms with van der Waals surface area (Å²) in [4.78, 5) is 0. The molecule has 0 saturated carbocycles. The summed E-state index contributed by atoms with van der Waals surface area (Å²) in [7, 11) is 0. The van der Waals surface area contributed by atoms with Crippen molar-refractivity contribution in [3.8, 4) is 0 Å².